The van der Waals surface area contributed by atoms with E-state index in [0.29, 0.717) is 6.61 Å². The van der Waals surface area contributed by atoms with E-state index in [4.69, 9.17) is 4.74 Å². The van der Waals surface area contributed by atoms with Crippen molar-refractivity contribution in [3.05, 3.63) is 51.7 Å². The summed E-state index contributed by atoms with van der Waals surface area (Å²) < 4.78 is 5.67. The summed E-state index contributed by atoms with van der Waals surface area (Å²) >= 11 is 1.48. The van der Waals surface area contributed by atoms with Crippen LogP contribution in [0.3, 0.4) is 0 Å². The van der Waals surface area contributed by atoms with Crippen LogP contribution in [0.15, 0.2) is 35.7 Å². The van der Waals surface area contributed by atoms with Crippen molar-refractivity contribution in [1.29, 1.82) is 0 Å². The Morgan fingerprint density at radius 1 is 1.37 bits per heavy atom. The number of aryl methyl sites for hydroxylation is 1. The maximum Gasteiger partial charge on any atom is 0.261 e. The number of thiophene rings is 1. The van der Waals surface area contributed by atoms with Gasteiger partial charge in [-0.1, -0.05) is 18.2 Å². The van der Waals surface area contributed by atoms with Crippen LogP contribution in [0.1, 0.15) is 20.8 Å². The number of benzene rings is 1. The molecule has 1 aromatic carbocycles. The summed E-state index contributed by atoms with van der Waals surface area (Å²) in [4.78, 5) is 12.9. The molecule has 0 radical (unpaired) electrons. The first kappa shape index (κ1) is 12.2. The zero-order valence-corrected chi connectivity index (χ0v) is 11.5. The van der Waals surface area contributed by atoms with Crippen LogP contribution in [-0.2, 0) is 6.42 Å². The molecule has 0 unspecified atom stereocenters. The Hall–Kier alpha value is -1.81. The normalized spacial score (nSPS) is 17.4. The largest absolute Gasteiger partial charge is 0.491 e. The highest BCUT2D eigenvalue weighted by Gasteiger charge is 2.22. The summed E-state index contributed by atoms with van der Waals surface area (Å²) in [5.41, 5.74) is 2.18. The average Bonchev–Trinajstić information content (AvgIpc) is 2.85. The second kappa shape index (κ2) is 5.05. The van der Waals surface area contributed by atoms with Gasteiger partial charge in [-0.2, -0.15) is 0 Å². The van der Waals surface area contributed by atoms with Crippen LogP contribution in [0.2, 0.25) is 0 Å². The minimum absolute atomic E-state index is 0.000445. The van der Waals surface area contributed by atoms with Crippen LogP contribution in [0.25, 0.3) is 0 Å². The molecule has 1 N–H and O–H groups in total. The molecule has 2 heterocycles. The summed E-state index contributed by atoms with van der Waals surface area (Å²) in [7, 11) is 0. The summed E-state index contributed by atoms with van der Waals surface area (Å²) in [5, 5.41) is 4.99. The van der Waals surface area contributed by atoms with Crippen LogP contribution in [0, 0.1) is 6.92 Å². The van der Waals surface area contributed by atoms with Gasteiger partial charge in [-0.25, -0.2) is 0 Å². The van der Waals surface area contributed by atoms with Gasteiger partial charge in [-0.3, -0.25) is 4.79 Å². The first-order valence-corrected chi connectivity index (χ1v) is 7.17. The van der Waals surface area contributed by atoms with E-state index in [1.807, 2.05) is 42.6 Å². The number of rotatable bonds is 2. The van der Waals surface area contributed by atoms with Gasteiger partial charge in [0, 0.05) is 0 Å². The van der Waals surface area contributed by atoms with E-state index in [9.17, 15) is 4.79 Å². The topological polar surface area (TPSA) is 38.3 Å². The summed E-state index contributed by atoms with van der Waals surface area (Å²) in [6.07, 6.45) is 0.826. The minimum atomic E-state index is 0.000445. The number of para-hydroxylation sites is 1. The molecule has 1 amide bonds. The number of hydrogen-bond donors (Lipinski definition) is 1. The lowest BCUT2D eigenvalue weighted by Crippen LogP contribution is -2.42. The Labute approximate surface area is 116 Å². The molecule has 0 fully saturated rings. The zero-order chi connectivity index (χ0) is 13.2. The summed E-state index contributed by atoms with van der Waals surface area (Å²) in [6.45, 7) is 2.49. The lowest BCUT2D eigenvalue weighted by atomic mass is 10.0. The fourth-order valence-electron chi connectivity index (χ4n) is 2.28. The Morgan fingerprint density at radius 2 is 2.21 bits per heavy atom. The van der Waals surface area contributed by atoms with E-state index in [2.05, 4.69) is 5.32 Å². The van der Waals surface area contributed by atoms with Gasteiger partial charge < -0.3 is 10.1 Å². The van der Waals surface area contributed by atoms with Gasteiger partial charge in [0.05, 0.1) is 10.9 Å². The van der Waals surface area contributed by atoms with E-state index in [1.165, 1.54) is 11.3 Å². The lowest BCUT2D eigenvalue weighted by Gasteiger charge is -2.25. The van der Waals surface area contributed by atoms with Crippen molar-refractivity contribution in [2.45, 2.75) is 19.4 Å². The van der Waals surface area contributed by atoms with Crippen LogP contribution < -0.4 is 10.1 Å². The monoisotopic (exact) mass is 273 g/mol. The predicted molar refractivity (Wildman–Crippen MR) is 76.0 cm³/mol. The fourth-order valence-corrected chi connectivity index (χ4v) is 3.11. The van der Waals surface area contributed by atoms with Crippen LogP contribution in [0.4, 0.5) is 0 Å². The molecule has 0 spiro atoms. The number of carbonyl (C=O) groups excluding carboxylic acids is 1. The molecular formula is C15H15NO2S. The molecule has 1 aliphatic rings. The van der Waals surface area contributed by atoms with Gasteiger partial charge in [-0.05, 0) is 42.0 Å². The quantitative estimate of drug-likeness (QED) is 0.913. The number of amides is 1. The van der Waals surface area contributed by atoms with Crippen molar-refractivity contribution in [3.63, 3.8) is 0 Å². The number of carbonyl (C=O) groups is 1. The Kier molecular flexibility index (Phi) is 3.25. The molecule has 19 heavy (non-hydrogen) atoms. The third-order valence-corrected chi connectivity index (χ3v) is 4.30. The van der Waals surface area contributed by atoms with Gasteiger partial charge in [0.1, 0.15) is 12.4 Å². The van der Waals surface area contributed by atoms with Gasteiger partial charge in [0.25, 0.3) is 5.91 Å². The minimum Gasteiger partial charge on any atom is -0.491 e. The van der Waals surface area contributed by atoms with Gasteiger partial charge in [0.15, 0.2) is 0 Å². The second-order valence-corrected chi connectivity index (χ2v) is 5.64. The van der Waals surface area contributed by atoms with Crippen molar-refractivity contribution in [2.24, 2.45) is 0 Å². The molecule has 4 heteroatoms. The standard InChI is InChI=1S/C15H15NO2S/c1-10-6-7-19-14(10)15(17)16-12-8-11-4-2-3-5-13(11)18-9-12/h2-7,12H,8-9H2,1H3,(H,16,17)/t12-/m0/s1. The highest BCUT2D eigenvalue weighted by atomic mass is 32.1. The predicted octanol–water partition coefficient (Wildman–Crippen LogP) is 2.79. The van der Waals surface area contributed by atoms with E-state index in [1.54, 1.807) is 0 Å². The van der Waals surface area contributed by atoms with Gasteiger partial charge in [0.2, 0.25) is 0 Å². The number of nitrogens with one attached hydrogen (secondary N) is 1. The van der Waals surface area contributed by atoms with E-state index < -0.39 is 0 Å². The smallest absolute Gasteiger partial charge is 0.261 e. The summed E-state index contributed by atoms with van der Waals surface area (Å²) in [6, 6.07) is 9.99. The average molecular weight is 273 g/mol. The maximum atomic E-state index is 12.2. The van der Waals surface area contributed by atoms with Crippen molar-refractivity contribution >= 4 is 17.2 Å². The molecule has 0 saturated carbocycles. The maximum absolute atomic E-state index is 12.2. The number of hydrogen-bond acceptors (Lipinski definition) is 3. The molecule has 3 nitrogen and oxygen atoms in total. The molecule has 0 aliphatic carbocycles. The SMILES string of the molecule is Cc1ccsc1C(=O)N[C@@H]1COc2ccccc2C1. The molecule has 0 bridgehead atoms. The zero-order valence-electron chi connectivity index (χ0n) is 10.7. The molecule has 1 aliphatic heterocycles. The molecular weight excluding hydrogens is 258 g/mol. The molecule has 2 aromatic rings. The molecule has 98 valence electrons. The van der Waals surface area contributed by atoms with Crippen LogP contribution >= 0.6 is 11.3 Å². The summed E-state index contributed by atoms with van der Waals surface area (Å²) in [5.74, 6) is 0.931. The lowest BCUT2D eigenvalue weighted by molar-refractivity contribution is 0.0919. The highest BCUT2D eigenvalue weighted by Crippen LogP contribution is 2.24. The highest BCUT2D eigenvalue weighted by molar-refractivity contribution is 7.12. The number of ether oxygens (including phenoxy) is 1. The Balaban J connectivity index is 1.70. The number of fused-ring (bicyclic) bond motifs is 1. The molecule has 1 atom stereocenters. The third-order valence-electron chi connectivity index (χ3n) is 3.28. The van der Waals surface area contributed by atoms with Crippen molar-refractivity contribution in [2.75, 3.05) is 6.61 Å². The van der Waals surface area contributed by atoms with Crippen molar-refractivity contribution < 1.29 is 9.53 Å². The third kappa shape index (κ3) is 2.49. The first-order chi connectivity index (χ1) is 9.24. The van der Waals surface area contributed by atoms with Crippen molar-refractivity contribution in [3.8, 4) is 5.75 Å². The van der Waals surface area contributed by atoms with E-state index in [0.717, 1.165) is 28.2 Å². The van der Waals surface area contributed by atoms with E-state index >= 15 is 0 Å². The van der Waals surface area contributed by atoms with E-state index in [-0.39, 0.29) is 11.9 Å². The van der Waals surface area contributed by atoms with Crippen LogP contribution in [-0.4, -0.2) is 18.6 Å². The molecule has 3 rings (SSSR count). The van der Waals surface area contributed by atoms with Crippen LogP contribution in [0.5, 0.6) is 5.75 Å². The molecule has 0 saturated heterocycles. The van der Waals surface area contributed by atoms with Gasteiger partial charge >= 0.3 is 0 Å². The molecule has 1 aromatic heterocycles. The second-order valence-electron chi connectivity index (χ2n) is 4.73. The van der Waals surface area contributed by atoms with Gasteiger partial charge in [-0.15, -0.1) is 11.3 Å². The fraction of sp³-hybridized carbons (Fsp3) is 0.267. The Morgan fingerprint density at radius 3 is 3.00 bits per heavy atom. The van der Waals surface area contributed by atoms with Crippen molar-refractivity contribution in [1.82, 2.24) is 5.32 Å². The first-order valence-electron chi connectivity index (χ1n) is 6.29. The Bertz CT molecular complexity index is 606.